The first-order valence-corrected chi connectivity index (χ1v) is 6.41. The predicted molar refractivity (Wildman–Crippen MR) is 76.7 cm³/mol. The maximum atomic E-state index is 11.1. The van der Waals surface area contributed by atoms with E-state index in [-0.39, 0.29) is 11.9 Å². The number of anilines is 1. The number of carbonyl (C=O) groups excluding carboxylic acids is 1. The number of benzene rings is 1. The summed E-state index contributed by atoms with van der Waals surface area (Å²) in [5.41, 5.74) is 8.68. The maximum absolute atomic E-state index is 11.1. The van der Waals surface area contributed by atoms with Crippen LogP contribution in [0.3, 0.4) is 0 Å². The van der Waals surface area contributed by atoms with Crippen LogP contribution in [0.1, 0.15) is 24.0 Å². The summed E-state index contributed by atoms with van der Waals surface area (Å²) in [6, 6.07) is 6.11. The van der Waals surface area contributed by atoms with Crippen LogP contribution in [0.15, 0.2) is 18.2 Å². The fourth-order valence-corrected chi connectivity index (χ4v) is 2.29. The van der Waals surface area contributed by atoms with Gasteiger partial charge in [-0.3, -0.25) is 4.79 Å². The van der Waals surface area contributed by atoms with Gasteiger partial charge in [-0.2, -0.15) is 0 Å². The SMILES string of the molecule is Cc1cccc(C(N)=S)c1NC1CCC(=O)NC1. The molecule has 1 aliphatic rings. The molecule has 0 saturated carbocycles. The molecule has 0 spiro atoms. The van der Waals surface area contributed by atoms with Crippen molar-refractivity contribution in [2.24, 2.45) is 5.73 Å². The van der Waals surface area contributed by atoms with E-state index in [9.17, 15) is 4.79 Å². The van der Waals surface area contributed by atoms with Gasteiger partial charge < -0.3 is 16.4 Å². The number of carbonyl (C=O) groups is 1. The topological polar surface area (TPSA) is 67.1 Å². The van der Waals surface area contributed by atoms with Crippen molar-refractivity contribution in [3.8, 4) is 0 Å². The lowest BCUT2D eigenvalue weighted by atomic mass is 10.0. The molecule has 0 bridgehead atoms. The van der Waals surface area contributed by atoms with E-state index < -0.39 is 0 Å². The number of thiocarbonyl (C=S) groups is 1. The molecule has 1 amide bonds. The normalized spacial score (nSPS) is 19.2. The Kier molecular flexibility index (Phi) is 3.81. The van der Waals surface area contributed by atoms with Gasteiger partial charge in [-0.05, 0) is 25.0 Å². The Morgan fingerprint density at radius 1 is 1.56 bits per heavy atom. The third-order valence-electron chi connectivity index (χ3n) is 3.15. The first-order chi connectivity index (χ1) is 8.58. The molecular weight excluding hydrogens is 246 g/mol. The Hall–Kier alpha value is -1.62. The monoisotopic (exact) mass is 263 g/mol. The molecule has 1 unspecified atom stereocenters. The van der Waals surface area contributed by atoms with Crippen LogP contribution in [0, 0.1) is 6.92 Å². The van der Waals surface area contributed by atoms with E-state index in [4.69, 9.17) is 18.0 Å². The summed E-state index contributed by atoms with van der Waals surface area (Å²) in [5, 5.41) is 6.29. The van der Waals surface area contributed by atoms with E-state index in [1.807, 2.05) is 25.1 Å². The van der Waals surface area contributed by atoms with Gasteiger partial charge in [0, 0.05) is 30.3 Å². The van der Waals surface area contributed by atoms with Crippen molar-refractivity contribution in [2.75, 3.05) is 11.9 Å². The lowest BCUT2D eigenvalue weighted by Crippen LogP contribution is -2.42. The number of piperidine rings is 1. The van der Waals surface area contributed by atoms with E-state index in [1.165, 1.54) is 0 Å². The molecule has 1 aromatic carbocycles. The van der Waals surface area contributed by atoms with Gasteiger partial charge >= 0.3 is 0 Å². The Labute approximate surface area is 112 Å². The number of amides is 1. The van der Waals surface area contributed by atoms with E-state index in [0.717, 1.165) is 23.2 Å². The number of nitrogens with one attached hydrogen (secondary N) is 2. The van der Waals surface area contributed by atoms with Gasteiger partial charge in [-0.1, -0.05) is 24.4 Å². The molecule has 96 valence electrons. The highest BCUT2D eigenvalue weighted by Gasteiger charge is 2.19. The summed E-state index contributed by atoms with van der Waals surface area (Å²) < 4.78 is 0. The van der Waals surface area contributed by atoms with Crippen LogP contribution >= 0.6 is 12.2 Å². The first kappa shape index (κ1) is 12.8. The molecule has 0 aliphatic carbocycles. The highest BCUT2D eigenvalue weighted by atomic mass is 32.1. The molecule has 2 rings (SSSR count). The fourth-order valence-electron chi connectivity index (χ4n) is 2.12. The highest BCUT2D eigenvalue weighted by Crippen LogP contribution is 2.22. The zero-order valence-corrected chi connectivity index (χ0v) is 11.1. The standard InChI is InChI=1S/C13H17N3OS/c1-8-3-2-4-10(13(14)18)12(8)16-9-5-6-11(17)15-7-9/h2-4,9,16H,5-7H2,1H3,(H2,14,18)(H,15,17). The number of rotatable bonds is 3. The van der Waals surface area contributed by atoms with Crippen molar-refractivity contribution in [1.82, 2.24) is 5.32 Å². The molecule has 0 radical (unpaired) electrons. The van der Waals surface area contributed by atoms with Crippen molar-refractivity contribution >= 4 is 28.8 Å². The Bertz CT molecular complexity index is 477. The smallest absolute Gasteiger partial charge is 0.220 e. The molecule has 1 fully saturated rings. The second-order valence-corrected chi connectivity index (χ2v) is 4.99. The lowest BCUT2D eigenvalue weighted by Gasteiger charge is -2.26. The summed E-state index contributed by atoms with van der Waals surface area (Å²) in [7, 11) is 0. The van der Waals surface area contributed by atoms with E-state index in [1.54, 1.807) is 0 Å². The number of nitrogens with two attached hydrogens (primary N) is 1. The quantitative estimate of drug-likeness (QED) is 0.720. The van der Waals surface area contributed by atoms with Crippen molar-refractivity contribution in [2.45, 2.75) is 25.8 Å². The minimum Gasteiger partial charge on any atom is -0.389 e. The van der Waals surface area contributed by atoms with Gasteiger partial charge in [0.2, 0.25) is 5.91 Å². The molecule has 1 aromatic rings. The molecule has 1 atom stereocenters. The lowest BCUT2D eigenvalue weighted by molar-refractivity contribution is -0.122. The van der Waals surface area contributed by atoms with Crippen LogP contribution in [-0.2, 0) is 4.79 Å². The second-order valence-electron chi connectivity index (χ2n) is 4.55. The van der Waals surface area contributed by atoms with Crippen molar-refractivity contribution in [3.05, 3.63) is 29.3 Å². The molecule has 18 heavy (non-hydrogen) atoms. The molecule has 5 heteroatoms. The molecular formula is C13H17N3OS. The van der Waals surface area contributed by atoms with E-state index in [2.05, 4.69) is 10.6 Å². The average molecular weight is 263 g/mol. The van der Waals surface area contributed by atoms with Gasteiger partial charge in [0.25, 0.3) is 0 Å². The Morgan fingerprint density at radius 2 is 2.33 bits per heavy atom. The predicted octanol–water partition coefficient (Wildman–Crippen LogP) is 1.32. The largest absolute Gasteiger partial charge is 0.389 e. The highest BCUT2D eigenvalue weighted by molar-refractivity contribution is 7.80. The summed E-state index contributed by atoms with van der Waals surface area (Å²) in [4.78, 5) is 11.5. The van der Waals surface area contributed by atoms with Gasteiger partial charge in [0.1, 0.15) is 4.99 Å². The number of aryl methyl sites for hydroxylation is 1. The van der Waals surface area contributed by atoms with E-state index >= 15 is 0 Å². The summed E-state index contributed by atoms with van der Waals surface area (Å²) in [6.07, 6.45) is 1.39. The van der Waals surface area contributed by atoms with Crippen molar-refractivity contribution < 1.29 is 4.79 Å². The zero-order chi connectivity index (χ0) is 13.1. The van der Waals surface area contributed by atoms with Crippen LogP contribution in [0.2, 0.25) is 0 Å². The Morgan fingerprint density at radius 3 is 2.94 bits per heavy atom. The molecule has 1 aliphatic heterocycles. The third kappa shape index (κ3) is 2.79. The molecule has 0 aromatic heterocycles. The molecule has 1 saturated heterocycles. The fraction of sp³-hybridized carbons (Fsp3) is 0.385. The van der Waals surface area contributed by atoms with Gasteiger partial charge in [0.15, 0.2) is 0 Å². The molecule has 4 nitrogen and oxygen atoms in total. The van der Waals surface area contributed by atoms with Crippen molar-refractivity contribution in [3.63, 3.8) is 0 Å². The third-order valence-corrected chi connectivity index (χ3v) is 3.37. The van der Waals surface area contributed by atoms with Crippen LogP contribution in [-0.4, -0.2) is 23.5 Å². The zero-order valence-electron chi connectivity index (χ0n) is 10.3. The molecule has 1 heterocycles. The summed E-state index contributed by atoms with van der Waals surface area (Å²) in [5.74, 6) is 0.118. The minimum atomic E-state index is 0.118. The number of hydrogen-bond acceptors (Lipinski definition) is 3. The van der Waals surface area contributed by atoms with Crippen LogP contribution < -0.4 is 16.4 Å². The first-order valence-electron chi connectivity index (χ1n) is 6.00. The van der Waals surface area contributed by atoms with Gasteiger partial charge in [0.05, 0.1) is 0 Å². The second kappa shape index (κ2) is 5.35. The minimum absolute atomic E-state index is 0.118. The van der Waals surface area contributed by atoms with Crippen LogP contribution in [0.4, 0.5) is 5.69 Å². The van der Waals surface area contributed by atoms with Crippen LogP contribution in [0.5, 0.6) is 0 Å². The summed E-state index contributed by atoms with van der Waals surface area (Å²) in [6.45, 7) is 2.66. The van der Waals surface area contributed by atoms with Gasteiger partial charge in [-0.15, -0.1) is 0 Å². The average Bonchev–Trinajstić information content (AvgIpc) is 2.34. The van der Waals surface area contributed by atoms with Crippen LogP contribution in [0.25, 0.3) is 0 Å². The Balaban J connectivity index is 2.18. The maximum Gasteiger partial charge on any atom is 0.220 e. The molecule has 4 N–H and O–H groups in total. The van der Waals surface area contributed by atoms with Gasteiger partial charge in [-0.25, -0.2) is 0 Å². The number of para-hydroxylation sites is 1. The summed E-state index contributed by atoms with van der Waals surface area (Å²) >= 11 is 5.06. The van der Waals surface area contributed by atoms with Crippen molar-refractivity contribution in [1.29, 1.82) is 0 Å². The number of hydrogen-bond donors (Lipinski definition) is 3. The van der Waals surface area contributed by atoms with E-state index in [0.29, 0.717) is 18.0 Å².